The highest BCUT2D eigenvalue weighted by atomic mass is 35.5. The minimum atomic E-state index is -0.687. The van der Waals surface area contributed by atoms with Gasteiger partial charge in [0, 0.05) is 23.1 Å². The van der Waals surface area contributed by atoms with Crippen molar-refractivity contribution in [1.29, 1.82) is 0 Å². The van der Waals surface area contributed by atoms with Crippen LogP contribution < -0.4 is 0 Å². The summed E-state index contributed by atoms with van der Waals surface area (Å²) in [5.74, 6) is -0.351. The minimum Gasteiger partial charge on any atom is -0.303 e. The lowest BCUT2D eigenvalue weighted by Gasteiger charge is -2.16. The molecule has 2 aromatic carbocycles. The van der Waals surface area contributed by atoms with Crippen molar-refractivity contribution < 1.29 is 14.6 Å². The maximum absolute atomic E-state index is 11.2. The molecular weight excluding hydrogens is 336 g/mol. The summed E-state index contributed by atoms with van der Waals surface area (Å²) in [6.45, 7) is 0. The molecule has 0 fully saturated rings. The Bertz CT molecular complexity index is 794. The molecule has 0 saturated heterocycles. The Labute approximate surface area is 142 Å². The maximum Gasteiger partial charge on any atom is 0.279 e. The molecule has 0 unspecified atom stereocenters. The highest BCUT2D eigenvalue weighted by molar-refractivity contribution is 6.31. The molecule has 0 aromatic heterocycles. The van der Waals surface area contributed by atoms with Crippen LogP contribution in [0.15, 0.2) is 42.5 Å². The van der Waals surface area contributed by atoms with E-state index in [9.17, 15) is 25.0 Å². The fourth-order valence-electron chi connectivity index (χ4n) is 2.52. The topological polar surface area (TPSA) is 103 Å². The van der Waals surface area contributed by atoms with E-state index in [0.717, 1.165) is 12.4 Å². The Hall–Kier alpha value is -2.80. The molecular formula is C16H13ClN2O5. The lowest BCUT2D eigenvalue weighted by Crippen LogP contribution is -2.07. The quantitative estimate of drug-likeness (QED) is 0.426. The van der Waals surface area contributed by atoms with Gasteiger partial charge in [-0.3, -0.25) is 20.2 Å². The molecule has 2 aromatic rings. The number of non-ortho nitro benzene ring substituents is 1. The molecule has 0 amide bonds. The lowest BCUT2D eigenvalue weighted by molar-refractivity contribution is -0.394. The molecule has 0 heterocycles. The van der Waals surface area contributed by atoms with E-state index in [1.54, 1.807) is 24.3 Å². The molecule has 8 heteroatoms. The average molecular weight is 349 g/mol. The number of nitro benzene ring substituents is 2. The molecule has 1 atom stereocenters. The second-order valence-corrected chi connectivity index (χ2v) is 5.56. The van der Waals surface area contributed by atoms with Crippen molar-refractivity contribution in [2.75, 3.05) is 0 Å². The Balaban J connectivity index is 2.43. The molecule has 0 aliphatic rings. The number of hydrogen-bond acceptors (Lipinski definition) is 5. The fraction of sp³-hybridized carbons (Fsp3) is 0.188. The van der Waals surface area contributed by atoms with Crippen LogP contribution in [0.2, 0.25) is 5.02 Å². The van der Waals surface area contributed by atoms with Crippen LogP contribution in [-0.4, -0.2) is 16.1 Å². The predicted octanol–water partition coefficient (Wildman–Crippen LogP) is 4.07. The number of carbonyl (C=O) groups excluding carboxylic acids is 1. The molecule has 0 bridgehead atoms. The van der Waals surface area contributed by atoms with Crippen LogP contribution in [0, 0.1) is 20.2 Å². The van der Waals surface area contributed by atoms with E-state index in [1.807, 2.05) is 0 Å². The van der Waals surface area contributed by atoms with Gasteiger partial charge in [-0.05, 0) is 30.0 Å². The van der Waals surface area contributed by atoms with Gasteiger partial charge in [0.25, 0.3) is 11.4 Å². The van der Waals surface area contributed by atoms with Gasteiger partial charge < -0.3 is 4.79 Å². The highest BCUT2D eigenvalue weighted by Gasteiger charge is 2.23. The first kappa shape index (κ1) is 17.6. The van der Waals surface area contributed by atoms with Crippen LogP contribution >= 0.6 is 11.6 Å². The number of carbonyl (C=O) groups is 1. The first-order chi connectivity index (χ1) is 11.4. The second kappa shape index (κ2) is 7.65. The van der Waals surface area contributed by atoms with E-state index in [4.69, 9.17) is 11.6 Å². The summed E-state index contributed by atoms with van der Waals surface area (Å²) in [7, 11) is 0. The number of hydrogen-bond donors (Lipinski definition) is 0. The first-order valence-corrected chi connectivity index (χ1v) is 7.41. The van der Waals surface area contributed by atoms with Gasteiger partial charge in [-0.15, -0.1) is 0 Å². The van der Waals surface area contributed by atoms with E-state index in [2.05, 4.69) is 0 Å². The van der Waals surface area contributed by atoms with Crippen molar-refractivity contribution >= 4 is 29.3 Å². The fourth-order valence-corrected chi connectivity index (χ4v) is 2.81. The smallest absolute Gasteiger partial charge is 0.279 e. The summed E-state index contributed by atoms with van der Waals surface area (Å²) < 4.78 is 0. The van der Waals surface area contributed by atoms with Crippen LogP contribution in [0.25, 0.3) is 0 Å². The van der Waals surface area contributed by atoms with E-state index in [1.165, 1.54) is 12.1 Å². The van der Waals surface area contributed by atoms with Gasteiger partial charge >= 0.3 is 0 Å². The summed E-state index contributed by atoms with van der Waals surface area (Å²) in [6, 6.07) is 10.5. The van der Waals surface area contributed by atoms with Gasteiger partial charge in [-0.2, -0.15) is 0 Å². The Morgan fingerprint density at radius 3 is 2.38 bits per heavy atom. The summed E-state index contributed by atoms with van der Waals surface area (Å²) in [4.78, 5) is 31.7. The molecule has 24 heavy (non-hydrogen) atoms. The van der Waals surface area contributed by atoms with Crippen molar-refractivity contribution in [3.63, 3.8) is 0 Å². The summed E-state index contributed by atoms with van der Waals surface area (Å²) >= 11 is 6.15. The molecule has 0 aliphatic heterocycles. The molecule has 0 spiro atoms. The van der Waals surface area contributed by atoms with Gasteiger partial charge in [0.1, 0.15) is 6.29 Å². The molecule has 0 N–H and O–H groups in total. The zero-order chi connectivity index (χ0) is 17.7. The van der Waals surface area contributed by atoms with Crippen molar-refractivity contribution in [2.24, 2.45) is 0 Å². The third-order valence-corrected chi connectivity index (χ3v) is 4.01. The van der Waals surface area contributed by atoms with Crippen molar-refractivity contribution in [1.82, 2.24) is 0 Å². The number of benzene rings is 2. The van der Waals surface area contributed by atoms with E-state index >= 15 is 0 Å². The van der Waals surface area contributed by atoms with Crippen LogP contribution in [0.5, 0.6) is 0 Å². The Morgan fingerprint density at radius 1 is 1.08 bits per heavy atom. The molecule has 0 saturated carbocycles. The van der Waals surface area contributed by atoms with Crippen molar-refractivity contribution in [2.45, 2.75) is 18.8 Å². The standard InChI is InChI=1S/C16H13ClN2O5/c17-15-4-2-1-3-14(15)11(7-8-20)9-12-5-6-13(18(21)22)10-16(12)19(23)24/h1-6,8,10-11H,7,9H2/t11-/m1/s1. The summed E-state index contributed by atoms with van der Waals surface area (Å²) in [5.41, 5.74) is 0.332. The van der Waals surface area contributed by atoms with Gasteiger partial charge in [-0.25, -0.2) is 0 Å². The third kappa shape index (κ3) is 3.94. The van der Waals surface area contributed by atoms with E-state index < -0.39 is 9.85 Å². The average Bonchev–Trinajstić information content (AvgIpc) is 2.55. The molecule has 7 nitrogen and oxygen atoms in total. The second-order valence-electron chi connectivity index (χ2n) is 5.15. The van der Waals surface area contributed by atoms with Crippen LogP contribution in [0.3, 0.4) is 0 Å². The monoisotopic (exact) mass is 348 g/mol. The van der Waals surface area contributed by atoms with Gasteiger partial charge in [-0.1, -0.05) is 29.8 Å². The first-order valence-electron chi connectivity index (χ1n) is 7.03. The zero-order valence-electron chi connectivity index (χ0n) is 12.4. The third-order valence-electron chi connectivity index (χ3n) is 3.67. The van der Waals surface area contributed by atoms with Crippen LogP contribution in [-0.2, 0) is 11.2 Å². The molecule has 124 valence electrons. The number of nitrogens with zero attached hydrogens (tertiary/aromatic N) is 2. The van der Waals surface area contributed by atoms with Crippen molar-refractivity contribution in [3.8, 4) is 0 Å². The van der Waals surface area contributed by atoms with Gasteiger partial charge in [0.2, 0.25) is 0 Å². The Kier molecular flexibility index (Phi) is 5.59. The maximum atomic E-state index is 11.2. The summed E-state index contributed by atoms with van der Waals surface area (Å²) in [6.07, 6.45) is 1.04. The van der Waals surface area contributed by atoms with Crippen LogP contribution in [0.1, 0.15) is 23.5 Å². The lowest BCUT2D eigenvalue weighted by atomic mass is 9.89. The summed E-state index contributed by atoms with van der Waals surface area (Å²) in [5, 5.41) is 22.5. The van der Waals surface area contributed by atoms with Crippen LogP contribution in [0.4, 0.5) is 11.4 Å². The number of aldehydes is 1. The largest absolute Gasteiger partial charge is 0.303 e. The number of nitro groups is 2. The van der Waals surface area contributed by atoms with E-state index in [0.29, 0.717) is 16.1 Å². The number of rotatable bonds is 7. The van der Waals surface area contributed by atoms with Gasteiger partial charge in [0.05, 0.1) is 15.9 Å². The highest BCUT2D eigenvalue weighted by Crippen LogP contribution is 2.33. The van der Waals surface area contributed by atoms with Gasteiger partial charge in [0.15, 0.2) is 0 Å². The molecule has 0 aliphatic carbocycles. The van der Waals surface area contributed by atoms with Crippen molar-refractivity contribution in [3.05, 3.63) is 78.8 Å². The normalized spacial score (nSPS) is 11.7. The number of halogens is 1. The zero-order valence-corrected chi connectivity index (χ0v) is 13.2. The minimum absolute atomic E-state index is 0.137. The molecule has 2 rings (SSSR count). The SMILES string of the molecule is O=CC[C@H](Cc1ccc([N+](=O)[O-])cc1[N+](=O)[O-])c1ccccc1Cl. The van der Waals surface area contributed by atoms with E-state index in [-0.39, 0.29) is 30.1 Å². The predicted molar refractivity (Wildman–Crippen MR) is 88.3 cm³/mol. The molecule has 0 radical (unpaired) electrons. The Morgan fingerprint density at radius 2 is 1.79 bits per heavy atom.